The molecule has 0 aliphatic rings. The summed E-state index contributed by atoms with van der Waals surface area (Å²) < 4.78 is 34.2. The molecule has 2 heterocycles. The number of esters is 1. The first-order chi connectivity index (χ1) is 12.2. The summed E-state index contributed by atoms with van der Waals surface area (Å²) in [5.74, 6) is -4.44. The molecule has 1 N–H and O–H groups in total. The molecule has 0 bridgehead atoms. The van der Waals surface area contributed by atoms with E-state index in [1.165, 1.54) is 19.1 Å². The normalized spacial score (nSPS) is 11.2. The molecule has 0 atom stereocenters. The number of halogens is 3. The van der Waals surface area contributed by atoms with Gasteiger partial charge in [0.1, 0.15) is 11.8 Å². The number of alkyl halides is 2. The van der Waals surface area contributed by atoms with Crippen LogP contribution in [0.5, 0.6) is 0 Å². The fourth-order valence-electron chi connectivity index (χ4n) is 2.07. The number of anilines is 1. The molecule has 0 aliphatic heterocycles. The van der Waals surface area contributed by atoms with E-state index >= 15 is 0 Å². The number of carbonyl (C=O) groups excluding carboxylic acids is 1. The summed E-state index contributed by atoms with van der Waals surface area (Å²) in [5.41, 5.74) is -1.53. The molecule has 0 radical (unpaired) electrons. The lowest BCUT2D eigenvalue weighted by atomic mass is 10.2. The maximum atomic E-state index is 14.2. The minimum atomic E-state index is -3.54. The lowest BCUT2D eigenvalue weighted by molar-refractivity contribution is -0.624. The maximum absolute atomic E-state index is 14.2. The Balaban J connectivity index is 2.16. The molecular formula is C15H15ClF2N4O4. The van der Waals surface area contributed by atoms with Crippen LogP contribution < -0.4 is 15.6 Å². The molecule has 2 aromatic heterocycles. The molecule has 0 amide bonds. The van der Waals surface area contributed by atoms with Gasteiger partial charge >= 0.3 is 11.9 Å². The van der Waals surface area contributed by atoms with Crippen LogP contribution in [0.15, 0.2) is 35.4 Å². The van der Waals surface area contributed by atoms with Crippen molar-refractivity contribution in [2.45, 2.75) is 19.4 Å². The summed E-state index contributed by atoms with van der Waals surface area (Å²) in [6, 6.07) is 3.62. The first-order valence-corrected chi connectivity index (χ1v) is 7.79. The molecule has 140 valence electrons. The fraction of sp³-hybridized carbons (Fsp3) is 0.333. The maximum Gasteiger partial charge on any atom is 0.347 e. The first-order valence-electron chi connectivity index (χ1n) is 7.41. The van der Waals surface area contributed by atoms with Crippen molar-refractivity contribution in [1.29, 1.82) is 0 Å². The van der Waals surface area contributed by atoms with E-state index in [0.717, 1.165) is 23.0 Å². The van der Waals surface area contributed by atoms with Gasteiger partial charge in [-0.05, 0) is 6.07 Å². The van der Waals surface area contributed by atoms with Crippen LogP contribution in [-0.4, -0.2) is 28.7 Å². The van der Waals surface area contributed by atoms with E-state index in [0.29, 0.717) is 0 Å². The zero-order chi connectivity index (χ0) is 19.3. The summed E-state index contributed by atoms with van der Waals surface area (Å²) in [6.45, 7) is 0.00376. The molecular weight excluding hydrogens is 374 g/mol. The Hall–Kier alpha value is -2.75. The largest absolute Gasteiger partial charge is 0.618 e. The predicted molar refractivity (Wildman–Crippen MR) is 87.9 cm³/mol. The Labute approximate surface area is 151 Å². The molecule has 2 aromatic rings. The zero-order valence-corrected chi connectivity index (χ0v) is 14.4. The molecule has 0 unspecified atom stereocenters. The number of pyridine rings is 1. The standard InChI is InChI=1S/C15H15ClF2N4O4/c1-10(23)26-7-6-21-12(16)8-19-13(14(21)24)20-9-15(17,18)11-4-2-3-5-22(11)25/h2-5,8H,6-7,9H2,1H3,(H,19,20). The summed E-state index contributed by atoms with van der Waals surface area (Å²) in [4.78, 5) is 26.8. The zero-order valence-electron chi connectivity index (χ0n) is 13.6. The second-order valence-corrected chi connectivity index (χ2v) is 5.58. The number of ether oxygens (including phenoxy) is 1. The van der Waals surface area contributed by atoms with Gasteiger partial charge in [-0.2, -0.15) is 13.5 Å². The van der Waals surface area contributed by atoms with Gasteiger partial charge in [-0.15, -0.1) is 0 Å². The van der Waals surface area contributed by atoms with E-state index in [1.807, 2.05) is 0 Å². The summed E-state index contributed by atoms with van der Waals surface area (Å²) in [5, 5.41) is 13.7. The molecule has 0 aromatic carbocycles. The third-order valence-corrected chi connectivity index (χ3v) is 3.60. The molecule has 11 heteroatoms. The van der Waals surface area contributed by atoms with Gasteiger partial charge in [-0.3, -0.25) is 14.2 Å². The van der Waals surface area contributed by atoms with E-state index in [4.69, 9.17) is 16.3 Å². The highest BCUT2D eigenvalue weighted by Gasteiger charge is 2.39. The van der Waals surface area contributed by atoms with Crippen molar-refractivity contribution in [3.05, 3.63) is 57.0 Å². The van der Waals surface area contributed by atoms with Crippen LogP contribution in [0.1, 0.15) is 12.6 Å². The monoisotopic (exact) mass is 388 g/mol. The van der Waals surface area contributed by atoms with Gasteiger partial charge in [-0.25, -0.2) is 4.98 Å². The quantitative estimate of drug-likeness (QED) is 0.436. The molecule has 0 spiro atoms. The molecule has 0 fully saturated rings. The van der Waals surface area contributed by atoms with Crippen LogP contribution in [-0.2, 0) is 22.0 Å². The number of nitrogens with one attached hydrogen (secondary N) is 1. The van der Waals surface area contributed by atoms with E-state index in [1.54, 1.807) is 0 Å². The van der Waals surface area contributed by atoms with Crippen molar-refractivity contribution < 1.29 is 23.0 Å². The average Bonchev–Trinajstić information content (AvgIpc) is 2.57. The van der Waals surface area contributed by atoms with Gasteiger partial charge in [-0.1, -0.05) is 11.6 Å². The number of carbonyl (C=O) groups is 1. The Bertz CT molecular complexity index is 860. The van der Waals surface area contributed by atoms with Crippen molar-refractivity contribution in [1.82, 2.24) is 9.55 Å². The highest BCUT2D eigenvalue weighted by Crippen LogP contribution is 2.24. The highest BCUT2D eigenvalue weighted by atomic mass is 35.5. The SMILES string of the molecule is CC(=O)OCCn1c(Cl)cnc(NCC(F)(F)c2cccc[n+]2[O-])c1=O. The first kappa shape index (κ1) is 19.6. The number of hydrogen-bond donors (Lipinski definition) is 1. The molecule has 0 aliphatic carbocycles. The molecule has 8 nitrogen and oxygen atoms in total. The van der Waals surface area contributed by atoms with Crippen LogP contribution in [0.25, 0.3) is 0 Å². The van der Waals surface area contributed by atoms with E-state index in [2.05, 4.69) is 10.3 Å². The van der Waals surface area contributed by atoms with Gasteiger partial charge < -0.3 is 15.3 Å². The molecule has 2 rings (SSSR count). The van der Waals surface area contributed by atoms with Crippen molar-refractivity contribution in [2.24, 2.45) is 0 Å². The lowest BCUT2D eigenvalue weighted by Crippen LogP contribution is -2.41. The minimum absolute atomic E-state index is 0.0417. The van der Waals surface area contributed by atoms with Crippen LogP contribution in [0, 0.1) is 5.21 Å². The molecule has 0 saturated carbocycles. The molecule has 0 saturated heterocycles. The van der Waals surface area contributed by atoms with Crippen LogP contribution >= 0.6 is 11.6 Å². The topological polar surface area (TPSA) is 100 Å². The number of rotatable bonds is 7. The summed E-state index contributed by atoms with van der Waals surface area (Å²) in [7, 11) is 0. The second kappa shape index (κ2) is 8.09. The van der Waals surface area contributed by atoms with E-state index in [9.17, 15) is 23.6 Å². The van der Waals surface area contributed by atoms with Crippen molar-refractivity contribution in [2.75, 3.05) is 18.5 Å². The van der Waals surface area contributed by atoms with Crippen LogP contribution in [0.2, 0.25) is 5.15 Å². The van der Waals surface area contributed by atoms with Gasteiger partial charge in [0.15, 0.2) is 12.0 Å². The Morgan fingerprint density at radius 2 is 2.23 bits per heavy atom. The second-order valence-electron chi connectivity index (χ2n) is 5.20. The van der Waals surface area contributed by atoms with E-state index in [-0.39, 0.29) is 28.9 Å². The van der Waals surface area contributed by atoms with Crippen molar-refractivity contribution in [3.63, 3.8) is 0 Å². The van der Waals surface area contributed by atoms with Gasteiger partial charge in [0, 0.05) is 19.1 Å². The lowest BCUT2D eigenvalue weighted by Gasteiger charge is -2.17. The number of aromatic nitrogens is 3. The van der Waals surface area contributed by atoms with E-state index < -0.39 is 29.7 Å². The smallest absolute Gasteiger partial charge is 0.347 e. The number of nitrogens with zero attached hydrogens (tertiary/aromatic N) is 3. The number of hydrogen-bond acceptors (Lipinski definition) is 6. The Kier molecular flexibility index (Phi) is 6.09. The van der Waals surface area contributed by atoms with Gasteiger partial charge in [0.2, 0.25) is 0 Å². The highest BCUT2D eigenvalue weighted by molar-refractivity contribution is 6.29. The fourth-order valence-corrected chi connectivity index (χ4v) is 2.28. The third kappa shape index (κ3) is 4.66. The Morgan fingerprint density at radius 1 is 1.50 bits per heavy atom. The van der Waals surface area contributed by atoms with Gasteiger partial charge in [0.25, 0.3) is 11.3 Å². The molecule has 26 heavy (non-hydrogen) atoms. The van der Waals surface area contributed by atoms with Crippen LogP contribution in [0.4, 0.5) is 14.6 Å². The minimum Gasteiger partial charge on any atom is -0.618 e. The predicted octanol–water partition coefficient (Wildman–Crippen LogP) is 1.30. The van der Waals surface area contributed by atoms with Crippen molar-refractivity contribution in [3.8, 4) is 0 Å². The average molecular weight is 389 g/mol. The Morgan fingerprint density at radius 3 is 2.88 bits per heavy atom. The van der Waals surface area contributed by atoms with Gasteiger partial charge in [0.05, 0.1) is 19.3 Å². The summed E-state index contributed by atoms with van der Waals surface area (Å²) >= 11 is 5.86. The van der Waals surface area contributed by atoms with Crippen molar-refractivity contribution >= 4 is 23.4 Å². The summed E-state index contributed by atoms with van der Waals surface area (Å²) in [6.07, 6.45) is 2.05. The third-order valence-electron chi connectivity index (χ3n) is 3.30. The van der Waals surface area contributed by atoms with Crippen LogP contribution in [0.3, 0.4) is 0 Å².